The van der Waals surface area contributed by atoms with Gasteiger partial charge in [0, 0.05) is 29.8 Å². The van der Waals surface area contributed by atoms with E-state index in [4.69, 9.17) is 4.74 Å². The third kappa shape index (κ3) is 3.78. The molecule has 6 nitrogen and oxygen atoms in total. The summed E-state index contributed by atoms with van der Waals surface area (Å²) >= 11 is 0. The molecule has 0 spiro atoms. The van der Waals surface area contributed by atoms with E-state index in [2.05, 4.69) is 29.3 Å². The summed E-state index contributed by atoms with van der Waals surface area (Å²) in [5.74, 6) is 0.138. The van der Waals surface area contributed by atoms with E-state index in [-0.39, 0.29) is 36.6 Å². The molecular weight excluding hydrogens is 390 g/mol. The number of hydrogen-bond donors (Lipinski definition) is 2. The number of likely N-dealkylation sites (tertiary alicyclic amines) is 1. The molecule has 160 valence electrons. The third-order valence-corrected chi connectivity index (χ3v) is 6.45. The molecule has 2 fully saturated rings. The molecule has 2 aromatic carbocycles. The lowest BCUT2D eigenvalue weighted by Crippen LogP contribution is -2.38. The van der Waals surface area contributed by atoms with Crippen molar-refractivity contribution in [2.45, 2.75) is 37.4 Å². The van der Waals surface area contributed by atoms with Crippen LogP contribution in [0.3, 0.4) is 0 Å². The molecule has 2 amide bonds. The Labute approximate surface area is 182 Å². The van der Waals surface area contributed by atoms with E-state index in [0.29, 0.717) is 18.2 Å². The largest absolute Gasteiger partial charge is 0.445 e. The van der Waals surface area contributed by atoms with E-state index in [1.807, 2.05) is 41.3 Å². The predicted octanol–water partition coefficient (Wildman–Crippen LogP) is 4.43. The summed E-state index contributed by atoms with van der Waals surface area (Å²) in [5, 5.41) is 6.74. The van der Waals surface area contributed by atoms with Gasteiger partial charge >= 0.3 is 6.09 Å². The smallest absolute Gasteiger partial charge is 0.410 e. The highest BCUT2D eigenvalue weighted by molar-refractivity contribution is 5.95. The molecule has 1 saturated heterocycles. The van der Waals surface area contributed by atoms with Crippen LogP contribution in [0.5, 0.6) is 0 Å². The van der Waals surface area contributed by atoms with Crippen molar-refractivity contribution in [2.75, 3.05) is 18.5 Å². The molecule has 2 aliphatic heterocycles. The van der Waals surface area contributed by atoms with Crippen LogP contribution in [0.25, 0.3) is 0 Å². The number of benzene rings is 2. The summed E-state index contributed by atoms with van der Waals surface area (Å²) in [4.78, 5) is 27.3. The quantitative estimate of drug-likeness (QED) is 0.706. The van der Waals surface area contributed by atoms with Crippen molar-refractivity contribution in [3.05, 3.63) is 77.9 Å². The number of carbonyl (C=O) groups excluding carboxylic acids is 2. The Balaban J connectivity index is 1.52. The van der Waals surface area contributed by atoms with Crippen LogP contribution < -0.4 is 10.6 Å². The number of nitrogens with zero attached hydrogens (tertiary/aromatic N) is 1. The zero-order chi connectivity index (χ0) is 21.4. The molecule has 2 N–H and O–H groups in total. The molecule has 31 heavy (non-hydrogen) atoms. The monoisotopic (exact) mass is 417 g/mol. The maximum atomic E-state index is 12.8. The van der Waals surface area contributed by atoms with Crippen molar-refractivity contribution < 1.29 is 14.3 Å². The van der Waals surface area contributed by atoms with E-state index in [9.17, 15) is 9.59 Å². The van der Waals surface area contributed by atoms with Gasteiger partial charge in [-0.1, -0.05) is 43.0 Å². The van der Waals surface area contributed by atoms with Crippen molar-refractivity contribution >= 4 is 17.7 Å². The minimum atomic E-state index is -0.333. The molecule has 2 unspecified atom stereocenters. The van der Waals surface area contributed by atoms with Crippen LogP contribution in [0.15, 0.2) is 61.2 Å². The minimum absolute atomic E-state index is 0.0502. The summed E-state index contributed by atoms with van der Waals surface area (Å²) in [5.41, 5.74) is 3.77. The first-order valence-electron chi connectivity index (χ1n) is 11.0. The average Bonchev–Trinajstić information content (AvgIpc) is 3.50. The standard InChI is InChI=1S/C25H27N3O3/c1-2-14-31-25(30)28-13-12-19-22(16-6-4-3-5-7-16)27-21-11-8-17(15-20(21)23(19)28)24(29)26-18-9-10-18/h2-8,11,15,18-19,22-23,27H,1,9-10,12-14H2,(H,26,29)/t19-,22?,23?/m0/s1. The second-order valence-electron chi connectivity index (χ2n) is 8.54. The Morgan fingerprint density at radius 3 is 2.71 bits per heavy atom. The number of anilines is 1. The van der Waals surface area contributed by atoms with Crippen molar-refractivity contribution in [1.29, 1.82) is 0 Å². The van der Waals surface area contributed by atoms with Crippen LogP contribution >= 0.6 is 0 Å². The highest BCUT2D eigenvalue weighted by atomic mass is 16.6. The normalized spacial score (nSPS) is 23.9. The van der Waals surface area contributed by atoms with Gasteiger partial charge in [-0.2, -0.15) is 0 Å². The van der Waals surface area contributed by atoms with Gasteiger partial charge in [0.05, 0.1) is 12.1 Å². The van der Waals surface area contributed by atoms with Gasteiger partial charge in [0.2, 0.25) is 0 Å². The summed E-state index contributed by atoms with van der Waals surface area (Å²) in [6, 6.07) is 16.3. The van der Waals surface area contributed by atoms with E-state index < -0.39 is 0 Å². The van der Waals surface area contributed by atoms with Gasteiger partial charge in [-0.05, 0) is 48.6 Å². The number of rotatable bonds is 5. The Morgan fingerprint density at radius 2 is 1.97 bits per heavy atom. The third-order valence-electron chi connectivity index (χ3n) is 6.45. The molecule has 0 aromatic heterocycles. The summed E-state index contributed by atoms with van der Waals surface area (Å²) in [6.45, 7) is 4.44. The number of nitrogens with one attached hydrogen (secondary N) is 2. The van der Waals surface area contributed by atoms with Gasteiger partial charge in [0.1, 0.15) is 6.61 Å². The molecule has 6 heteroatoms. The first-order chi connectivity index (χ1) is 15.2. The van der Waals surface area contributed by atoms with Crippen LogP contribution in [0.4, 0.5) is 10.5 Å². The van der Waals surface area contributed by atoms with Crippen LogP contribution in [0, 0.1) is 5.92 Å². The summed E-state index contributed by atoms with van der Waals surface area (Å²) in [7, 11) is 0. The number of ether oxygens (including phenoxy) is 1. The number of carbonyl (C=O) groups is 2. The first-order valence-corrected chi connectivity index (χ1v) is 11.0. The van der Waals surface area contributed by atoms with Crippen LogP contribution in [-0.4, -0.2) is 36.1 Å². The molecule has 1 saturated carbocycles. The Kier molecular flexibility index (Phi) is 5.14. The molecule has 0 radical (unpaired) electrons. The van der Waals surface area contributed by atoms with Crippen LogP contribution in [0.1, 0.15) is 52.8 Å². The molecule has 0 bridgehead atoms. The van der Waals surface area contributed by atoms with E-state index in [1.54, 1.807) is 6.08 Å². The Morgan fingerprint density at radius 1 is 1.16 bits per heavy atom. The number of hydrogen-bond acceptors (Lipinski definition) is 4. The summed E-state index contributed by atoms with van der Waals surface area (Å²) in [6.07, 6.45) is 4.20. The van der Waals surface area contributed by atoms with Crippen molar-refractivity contribution in [3.8, 4) is 0 Å². The molecule has 2 aromatic rings. The zero-order valence-corrected chi connectivity index (χ0v) is 17.4. The van der Waals surface area contributed by atoms with Crippen LogP contribution in [-0.2, 0) is 4.74 Å². The summed E-state index contributed by atoms with van der Waals surface area (Å²) < 4.78 is 5.39. The fourth-order valence-corrected chi connectivity index (χ4v) is 4.82. The number of amides is 2. The predicted molar refractivity (Wildman–Crippen MR) is 119 cm³/mol. The lowest BCUT2D eigenvalue weighted by atomic mass is 9.79. The lowest BCUT2D eigenvalue weighted by molar-refractivity contribution is 0.0950. The van der Waals surface area contributed by atoms with E-state index >= 15 is 0 Å². The van der Waals surface area contributed by atoms with Gasteiger partial charge < -0.3 is 20.3 Å². The average molecular weight is 418 g/mol. The zero-order valence-electron chi connectivity index (χ0n) is 17.4. The highest BCUT2D eigenvalue weighted by Gasteiger charge is 2.47. The molecular formula is C25H27N3O3. The van der Waals surface area contributed by atoms with Gasteiger partial charge in [-0.15, -0.1) is 0 Å². The second-order valence-corrected chi connectivity index (χ2v) is 8.54. The molecule has 3 aliphatic rings. The topological polar surface area (TPSA) is 70.7 Å². The minimum Gasteiger partial charge on any atom is -0.445 e. The maximum absolute atomic E-state index is 12.8. The molecule has 5 rings (SSSR count). The molecule has 1 aliphatic carbocycles. The Hall–Kier alpha value is -3.28. The van der Waals surface area contributed by atoms with E-state index in [0.717, 1.165) is 30.5 Å². The van der Waals surface area contributed by atoms with Gasteiger partial charge in [0.25, 0.3) is 5.91 Å². The SMILES string of the molecule is C=CCOC(=O)N1CC[C@H]2C(c3ccccc3)Nc3ccc(C(=O)NC4CC4)cc3C21. The van der Waals surface area contributed by atoms with Gasteiger partial charge in [0.15, 0.2) is 0 Å². The lowest BCUT2D eigenvalue weighted by Gasteiger charge is -2.39. The first kappa shape index (κ1) is 19.7. The fourth-order valence-electron chi connectivity index (χ4n) is 4.82. The molecule has 2 heterocycles. The van der Waals surface area contributed by atoms with Gasteiger partial charge in [-0.25, -0.2) is 4.79 Å². The molecule has 3 atom stereocenters. The fraction of sp³-hybridized carbons (Fsp3) is 0.360. The van der Waals surface area contributed by atoms with Crippen molar-refractivity contribution in [3.63, 3.8) is 0 Å². The second kappa shape index (κ2) is 8.10. The van der Waals surface area contributed by atoms with Crippen molar-refractivity contribution in [1.82, 2.24) is 10.2 Å². The number of fused-ring (bicyclic) bond motifs is 3. The Bertz CT molecular complexity index is 1000. The van der Waals surface area contributed by atoms with Crippen LogP contribution in [0.2, 0.25) is 0 Å². The van der Waals surface area contributed by atoms with E-state index in [1.165, 1.54) is 5.56 Å². The highest BCUT2D eigenvalue weighted by Crippen LogP contribution is 2.51. The maximum Gasteiger partial charge on any atom is 0.410 e. The van der Waals surface area contributed by atoms with Gasteiger partial charge in [-0.3, -0.25) is 4.79 Å². The van der Waals surface area contributed by atoms with Crippen molar-refractivity contribution in [2.24, 2.45) is 5.92 Å².